The average Bonchev–Trinajstić information content (AvgIpc) is 3.38. The van der Waals surface area contributed by atoms with Crippen LogP contribution in [0.25, 0.3) is 0 Å². The molecule has 2 N–H and O–H groups in total. The summed E-state index contributed by atoms with van der Waals surface area (Å²) in [5.74, 6) is 1.16. The fraction of sp³-hybridized carbons (Fsp3) is 0.450. The topological polar surface area (TPSA) is 66.9 Å². The molecule has 132 valence electrons. The first-order valence-electron chi connectivity index (χ1n) is 8.98. The number of hydrogen-bond donors (Lipinski definition) is 2. The SMILES string of the molecule is CC(C)c1cccc(C(C)C)c1NC(=O)c1cc(NC2CC2)ncn1. The van der Waals surface area contributed by atoms with Crippen molar-refractivity contribution >= 4 is 17.4 Å². The summed E-state index contributed by atoms with van der Waals surface area (Å²) in [7, 11) is 0. The van der Waals surface area contributed by atoms with Gasteiger partial charge in [-0.2, -0.15) is 0 Å². The van der Waals surface area contributed by atoms with E-state index < -0.39 is 0 Å². The molecule has 0 saturated heterocycles. The zero-order valence-corrected chi connectivity index (χ0v) is 15.3. The molecule has 0 aliphatic heterocycles. The largest absolute Gasteiger partial charge is 0.367 e. The van der Waals surface area contributed by atoms with Crippen LogP contribution in [-0.4, -0.2) is 21.9 Å². The number of carbonyl (C=O) groups is 1. The van der Waals surface area contributed by atoms with Gasteiger partial charge in [-0.3, -0.25) is 4.79 Å². The van der Waals surface area contributed by atoms with E-state index in [-0.39, 0.29) is 5.91 Å². The van der Waals surface area contributed by atoms with Gasteiger partial charge < -0.3 is 10.6 Å². The van der Waals surface area contributed by atoms with Crippen LogP contribution in [0.2, 0.25) is 0 Å². The minimum atomic E-state index is -0.198. The molecular formula is C20H26N4O. The molecule has 1 aromatic carbocycles. The average molecular weight is 338 g/mol. The van der Waals surface area contributed by atoms with Crippen molar-refractivity contribution in [1.82, 2.24) is 9.97 Å². The number of anilines is 2. The molecule has 0 unspecified atom stereocenters. The van der Waals surface area contributed by atoms with E-state index in [1.165, 1.54) is 6.33 Å². The van der Waals surface area contributed by atoms with Gasteiger partial charge in [0.25, 0.3) is 5.91 Å². The summed E-state index contributed by atoms with van der Waals surface area (Å²) >= 11 is 0. The predicted molar refractivity (Wildman–Crippen MR) is 101 cm³/mol. The van der Waals surface area contributed by atoms with Crippen LogP contribution >= 0.6 is 0 Å². The number of nitrogens with one attached hydrogen (secondary N) is 2. The Morgan fingerprint density at radius 1 is 1.08 bits per heavy atom. The van der Waals surface area contributed by atoms with E-state index >= 15 is 0 Å². The predicted octanol–water partition coefficient (Wildman–Crippen LogP) is 4.55. The smallest absolute Gasteiger partial charge is 0.274 e. The second-order valence-corrected chi connectivity index (χ2v) is 7.28. The Morgan fingerprint density at radius 3 is 2.28 bits per heavy atom. The standard InChI is InChI=1S/C20H26N4O/c1-12(2)15-6-5-7-16(13(3)4)19(15)24-20(25)17-10-18(22-11-21-17)23-14-8-9-14/h5-7,10-14H,8-9H2,1-4H3,(H,24,25)(H,21,22,23). The fourth-order valence-corrected chi connectivity index (χ4v) is 2.87. The third-order valence-corrected chi connectivity index (χ3v) is 4.44. The third kappa shape index (κ3) is 4.16. The highest BCUT2D eigenvalue weighted by Gasteiger charge is 2.22. The molecule has 1 saturated carbocycles. The normalized spacial score (nSPS) is 14.0. The van der Waals surface area contributed by atoms with Gasteiger partial charge >= 0.3 is 0 Å². The van der Waals surface area contributed by atoms with Gasteiger partial charge in [-0.05, 0) is 35.8 Å². The molecule has 0 spiro atoms. The number of hydrogen-bond acceptors (Lipinski definition) is 4. The zero-order chi connectivity index (χ0) is 18.0. The first kappa shape index (κ1) is 17.4. The van der Waals surface area contributed by atoms with Gasteiger partial charge in [0.1, 0.15) is 17.8 Å². The Kier molecular flexibility index (Phi) is 5.02. The molecule has 5 nitrogen and oxygen atoms in total. The third-order valence-electron chi connectivity index (χ3n) is 4.44. The Morgan fingerprint density at radius 2 is 1.72 bits per heavy atom. The second kappa shape index (κ2) is 7.21. The Hall–Kier alpha value is -2.43. The Bertz CT molecular complexity index is 740. The quantitative estimate of drug-likeness (QED) is 0.811. The van der Waals surface area contributed by atoms with Gasteiger partial charge in [0.2, 0.25) is 0 Å². The minimum Gasteiger partial charge on any atom is -0.367 e. The van der Waals surface area contributed by atoms with Crippen molar-refractivity contribution in [2.75, 3.05) is 10.6 Å². The van der Waals surface area contributed by atoms with E-state index in [9.17, 15) is 4.79 Å². The number of para-hydroxylation sites is 1. The van der Waals surface area contributed by atoms with Crippen LogP contribution in [0, 0.1) is 0 Å². The number of carbonyl (C=O) groups excluding carboxylic acids is 1. The Balaban J connectivity index is 1.87. The number of amides is 1. The maximum absolute atomic E-state index is 12.8. The van der Waals surface area contributed by atoms with Crippen LogP contribution in [0.4, 0.5) is 11.5 Å². The summed E-state index contributed by atoms with van der Waals surface area (Å²) in [6.45, 7) is 8.55. The number of nitrogens with zero attached hydrogens (tertiary/aromatic N) is 2. The van der Waals surface area contributed by atoms with E-state index in [2.05, 4.69) is 66.5 Å². The van der Waals surface area contributed by atoms with E-state index in [0.717, 1.165) is 29.7 Å². The van der Waals surface area contributed by atoms with Crippen molar-refractivity contribution in [2.24, 2.45) is 0 Å². The van der Waals surface area contributed by atoms with Crippen molar-refractivity contribution in [3.8, 4) is 0 Å². The van der Waals surface area contributed by atoms with E-state index in [1.807, 2.05) is 0 Å². The molecule has 5 heteroatoms. The summed E-state index contributed by atoms with van der Waals surface area (Å²) < 4.78 is 0. The molecule has 1 amide bonds. The van der Waals surface area contributed by atoms with Crippen LogP contribution < -0.4 is 10.6 Å². The van der Waals surface area contributed by atoms with E-state index in [4.69, 9.17) is 0 Å². The molecular weight excluding hydrogens is 312 g/mol. The van der Waals surface area contributed by atoms with E-state index in [0.29, 0.717) is 29.4 Å². The lowest BCUT2D eigenvalue weighted by Crippen LogP contribution is -2.18. The second-order valence-electron chi connectivity index (χ2n) is 7.28. The highest BCUT2D eigenvalue weighted by atomic mass is 16.1. The van der Waals surface area contributed by atoms with Crippen molar-refractivity contribution < 1.29 is 4.79 Å². The molecule has 1 aromatic heterocycles. The highest BCUT2D eigenvalue weighted by molar-refractivity contribution is 6.04. The van der Waals surface area contributed by atoms with Crippen molar-refractivity contribution in [2.45, 2.75) is 58.4 Å². The molecule has 1 heterocycles. The monoisotopic (exact) mass is 338 g/mol. The van der Waals surface area contributed by atoms with Crippen molar-refractivity contribution in [1.29, 1.82) is 0 Å². The maximum Gasteiger partial charge on any atom is 0.274 e. The lowest BCUT2D eigenvalue weighted by atomic mass is 9.92. The van der Waals surface area contributed by atoms with Gasteiger partial charge in [-0.25, -0.2) is 9.97 Å². The van der Waals surface area contributed by atoms with Gasteiger partial charge in [0.05, 0.1) is 0 Å². The first-order chi connectivity index (χ1) is 12.0. The zero-order valence-electron chi connectivity index (χ0n) is 15.3. The molecule has 0 atom stereocenters. The number of benzene rings is 1. The molecule has 1 aliphatic rings. The molecule has 25 heavy (non-hydrogen) atoms. The summed E-state index contributed by atoms with van der Waals surface area (Å²) in [5.41, 5.74) is 3.58. The van der Waals surface area contributed by atoms with Crippen LogP contribution in [-0.2, 0) is 0 Å². The van der Waals surface area contributed by atoms with Gasteiger partial charge in [-0.15, -0.1) is 0 Å². The summed E-state index contributed by atoms with van der Waals surface area (Å²) in [5, 5.41) is 6.40. The molecule has 0 bridgehead atoms. The molecule has 0 radical (unpaired) electrons. The summed E-state index contributed by atoms with van der Waals surface area (Å²) in [4.78, 5) is 21.1. The molecule has 1 aliphatic carbocycles. The number of aromatic nitrogens is 2. The van der Waals surface area contributed by atoms with Gasteiger partial charge in [0, 0.05) is 17.8 Å². The first-order valence-corrected chi connectivity index (χ1v) is 8.98. The molecule has 2 aromatic rings. The summed E-state index contributed by atoms with van der Waals surface area (Å²) in [6, 6.07) is 8.42. The van der Waals surface area contributed by atoms with Gasteiger partial charge in [0.15, 0.2) is 0 Å². The molecule has 1 fully saturated rings. The lowest BCUT2D eigenvalue weighted by molar-refractivity contribution is 0.102. The van der Waals surface area contributed by atoms with Crippen LogP contribution in [0.1, 0.15) is 74.0 Å². The number of rotatable bonds is 6. The molecule has 3 rings (SSSR count). The van der Waals surface area contributed by atoms with Crippen molar-refractivity contribution in [3.05, 3.63) is 47.4 Å². The maximum atomic E-state index is 12.8. The van der Waals surface area contributed by atoms with Gasteiger partial charge in [-0.1, -0.05) is 45.9 Å². The van der Waals surface area contributed by atoms with Crippen LogP contribution in [0.3, 0.4) is 0 Å². The fourth-order valence-electron chi connectivity index (χ4n) is 2.87. The van der Waals surface area contributed by atoms with E-state index in [1.54, 1.807) is 6.07 Å². The lowest BCUT2D eigenvalue weighted by Gasteiger charge is -2.20. The van der Waals surface area contributed by atoms with Crippen molar-refractivity contribution in [3.63, 3.8) is 0 Å². The van der Waals surface area contributed by atoms with Crippen LogP contribution in [0.15, 0.2) is 30.6 Å². The highest BCUT2D eigenvalue weighted by Crippen LogP contribution is 2.32. The Labute approximate surface area is 149 Å². The van der Waals surface area contributed by atoms with Crippen LogP contribution in [0.5, 0.6) is 0 Å². The minimum absolute atomic E-state index is 0.198. The summed E-state index contributed by atoms with van der Waals surface area (Å²) in [6.07, 6.45) is 3.76.